The topological polar surface area (TPSA) is 114 Å². The first-order chi connectivity index (χ1) is 14.5. The maximum atomic E-state index is 12.3. The largest absolute Gasteiger partial charge is 0.389 e. The number of carbonyl (C=O) groups excluding carboxylic acids is 1. The molecule has 7 heteroatoms. The standard InChI is InChI=1S/C23H23N5O2/c1-12-6-7-25-10-17(12)21-20(14-4-5-15(29)8-14)16-9-19(27-23(30)13-2-3-13)26-11-18(16)22(24)28-21/h6-11,13,15,29H,2-5H2,1H3,(H2,24,28)(H,26,27,30)/t15-/m0/s1. The van der Waals surface area contributed by atoms with E-state index in [1.54, 1.807) is 18.6 Å². The van der Waals surface area contributed by atoms with Gasteiger partial charge in [-0.1, -0.05) is 6.08 Å². The van der Waals surface area contributed by atoms with E-state index in [0.29, 0.717) is 18.1 Å². The van der Waals surface area contributed by atoms with Gasteiger partial charge in [-0.15, -0.1) is 0 Å². The minimum atomic E-state index is -0.480. The van der Waals surface area contributed by atoms with Crippen LogP contribution in [-0.4, -0.2) is 32.1 Å². The Hall–Kier alpha value is -3.32. The molecule has 0 saturated heterocycles. The second-order valence-corrected chi connectivity index (χ2v) is 8.09. The summed E-state index contributed by atoms with van der Waals surface area (Å²) in [5.41, 5.74) is 10.9. The quantitative estimate of drug-likeness (QED) is 0.617. The molecule has 0 bridgehead atoms. The molecule has 0 aromatic carbocycles. The van der Waals surface area contributed by atoms with Crippen molar-refractivity contribution in [3.63, 3.8) is 0 Å². The molecular weight excluding hydrogens is 378 g/mol. The number of rotatable bonds is 4. The molecule has 152 valence electrons. The highest BCUT2D eigenvalue weighted by Crippen LogP contribution is 2.41. The van der Waals surface area contributed by atoms with Crippen molar-refractivity contribution in [2.24, 2.45) is 5.92 Å². The molecule has 0 unspecified atom stereocenters. The van der Waals surface area contributed by atoms with Crippen molar-refractivity contribution in [1.29, 1.82) is 0 Å². The first-order valence-electron chi connectivity index (χ1n) is 10.2. The summed E-state index contributed by atoms with van der Waals surface area (Å²) >= 11 is 0. The highest BCUT2D eigenvalue weighted by atomic mass is 16.3. The number of pyridine rings is 3. The van der Waals surface area contributed by atoms with Crippen LogP contribution in [0.1, 0.15) is 36.8 Å². The lowest BCUT2D eigenvalue weighted by Crippen LogP contribution is -2.14. The third-order valence-electron chi connectivity index (χ3n) is 5.84. The van der Waals surface area contributed by atoms with Gasteiger partial charge in [-0.05, 0) is 55.9 Å². The number of fused-ring (bicyclic) bond motifs is 1. The van der Waals surface area contributed by atoms with Crippen LogP contribution >= 0.6 is 0 Å². The van der Waals surface area contributed by atoms with Gasteiger partial charge in [0, 0.05) is 46.4 Å². The predicted molar refractivity (Wildman–Crippen MR) is 116 cm³/mol. The molecule has 1 fully saturated rings. The van der Waals surface area contributed by atoms with Crippen LogP contribution in [0.25, 0.3) is 27.6 Å². The van der Waals surface area contributed by atoms with Crippen molar-refractivity contribution in [3.8, 4) is 11.3 Å². The van der Waals surface area contributed by atoms with E-state index in [0.717, 1.165) is 58.0 Å². The Kier molecular flexibility index (Phi) is 4.47. The molecule has 0 radical (unpaired) electrons. The monoisotopic (exact) mass is 401 g/mol. The molecule has 5 rings (SSSR count). The average Bonchev–Trinajstić information content (AvgIpc) is 3.50. The molecule has 30 heavy (non-hydrogen) atoms. The van der Waals surface area contributed by atoms with Crippen LogP contribution in [0.3, 0.4) is 0 Å². The Labute approximate surface area is 174 Å². The smallest absolute Gasteiger partial charge is 0.228 e. The fourth-order valence-corrected chi connectivity index (χ4v) is 4.02. The number of nitrogens with zero attached hydrogens (tertiary/aromatic N) is 3. The summed E-state index contributed by atoms with van der Waals surface area (Å²) in [6.45, 7) is 2.01. The molecule has 3 aromatic rings. The summed E-state index contributed by atoms with van der Waals surface area (Å²) in [5.74, 6) is 0.966. The van der Waals surface area contributed by atoms with Crippen molar-refractivity contribution in [2.45, 2.75) is 38.7 Å². The lowest BCUT2D eigenvalue weighted by molar-refractivity contribution is -0.117. The maximum Gasteiger partial charge on any atom is 0.228 e. The highest BCUT2D eigenvalue weighted by Gasteiger charge is 2.30. The van der Waals surface area contributed by atoms with E-state index >= 15 is 0 Å². The number of aryl methyl sites for hydroxylation is 1. The van der Waals surface area contributed by atoms with Gasteiger partial charge in [0.05, 0.1) is 11.8 Å². The van der Waals surface area contributed by atoms with Crippen LogP contribution < -0.4 is 11.1 Å². The number of nitrogen functional groups attached to an aromatic ring is 1. The minimum absolute atomic E-state index is 0.00394. The number of hydrogen-bond acceptors (Lipinski definition) is 6. The van der Waals surface area contributed by atoms with Crippen molar-refractivity contribution in [1.82, 2.24) is 15.0 Å². The second-order valence-electron chi connectivity index (χ2n) is 8.09. The van der Waals surface area contributed by atoms with Crippen molar-refractivity contribution >= 4 is 33.9 Å². The van der Waals surface area contributed by atoms with Gasteiger partial charge >= 0.3 is 0 Å². The van der Waals surface area contributed by atoms with Gasteiger partial charge in [0.15, 0.2) is 0 Å². The van der Waals surface area contributed by atoms with E-state index in [-0.39, 0.29) is 11.8 Å². The second kappa shape index (κ2) is 7.18. The van der Waals surface area contributed by atoms with Crippen molar-refractivity contribution < 1.29 is 9.90 Å². The molecule has 2 aliphatic rings. The molecule has 4 N–H and O–H groups in total. The van der Waals surface area contributed by atoms with E-state index < -0.39 is 6.10 Å². The normalized spacial score (nSPS) is 18.5. The van der Waals surface area contributed by atoms with E-state index in [2.05, 4.69) is 15.3 Å². The van der Waals surface area contributed by atoms with E-state index in [1.807, 2.05) is 25.1 Å². The zero-order chi connectivity index (χ0) is 20.8. The highest BCUT2D eigenvalue weighted by molar-refractivity contribution is 6.05. The van der Waals surface area contributed by atoms with Crippen molar-refractivity contribution in [3.05, 3.63) is 47.9 Å². The van der Waals surface area contributed by atoms with Gasteiger partial charge in [0.1, 0.15) is 11.6 Å². The third kappa shape index (κ3) is 3.31. The summed E-state index contributed by atoms with van der Waals surface area (Å²) in [7, 11) is 0. The Morgan fingerprint density at radius 3 is 2.77 bits per heavy atom. The molecule has 0 spiro atoms. The number of anilines is 2. The van der Waals surface area contributed by atoms with Gasteiger partial charge in [-0.2, -0.15) is 0 Å². The first kappa shape index (κ1) is 18.7. The van der Waals surface area contributed by atoms with E-state index in [1.165, 1.54) is 0 Å². The SMILES string of the molecule is Cc1ccncc1-c1nc(N)c2cnc(NC(=O)C3CC3)cc2c1C1=C[C@@H](O)CC1. The van der Waals surface area contributed by atoms with Gasteiger partial charge in [0.25, 0.3) is 0 Å². The summed E-state index contributed by atoms with van der Waals surface area (Å²) < 4.78 is 0. The van der Waals surface area contributed by atoms with Crippen LogP contribution in [-0.2, 0) is 4.79 Å². The number of hydrogen-bond donors (Lipinski definition) is 3. The molecule has 0 aliphatic heterocycles. The zero-order valence-electron chi connectivity index (χ0n) is 16.7. The number of aliphatic hydroxyl groups is 1. The molecular formula is C23H23N5O2. The maximum absolute atomic E-state index is 12.3. The molecule has 3 heterocycles. The molecule has 1 saturated carbocycles. The van der Waals surface area contributed by atoms with Crippen LogP contribution in [0.15, 0.2) is 36.8 Å². The predicted octanol–water partition coefficient (Wildman–Crippen LogP) is 3.47. The van der Waals surface area contributed by atoms with Crippen molar-refractivity contribution in [2.75, 3.05) is 11.1 Å². The zero-order valence-corrected chi connectivity index (χ0v) is 16.7. The Morgan fingerprint density at radius 1 is 1.23 bits per heavy atom. The van der Waals surface area contributed by atoms with Crippen LogP contribution in [0.2, 0.25) is 0 Å². The Bertz CT molecular complexity index is 1200. The van der Waals surface area contributed by atoms with Gasteiger partial charge in [-0.25, -0.2) is 9.97 Å². The first-order valence-corrected chi connectivity index (χ1v) is 10.2. The molecule has 1 amide bonds. The molecule has 3 aromatic heterocycles. The number of aromatic nitrogens is 3. The Balaban J connectivity index is 1.75. The fourth-order valence-electron chi connectivity index (χ4n) is 4.02. The van der Waals surface area contributed by atoms with Crippen LogP contribution in [0, 0.1) is 12.8 Å². The van der Waals surface area contributed by atoms with Gasteiger partial charge in [0.2, 0.25) is 5.91 Å². The number of aliphatic hydroxyl groups excluding tert-OH is 1. The summed E-state index contributed by atoms with van der Waals surface area (Å²) in [6.07, 6.45) is 9.86. The number of amides is 1. The van der Waals surface area contributed by atoms with Gasteiger partial charge in [-0.3, -0.25) is 9.78 Å². The molecule has 1 atom stereocenters. The summed E-state index contributed by atoms with van der Waals surface area (Å²) in [5, 5.41) is 14.6. The minimum Gasteiger partial charge on any atom is -0.389 e. The summed E-state index contributed by atoms with van der Waals surface area (Å²) in [4.78, 5) is 25.6. The number of allylic oxidation sites excluding steroid dienone is 1. The lowest BCUT2D eigenvalue weighted by Gasteiger charge is -2.17. The number of nitrogens with two attached hydrogens (primary N) is 1. The third-order valence-corrected chi connectivity index (χ3v) is 5.84. The van der Waals surface area contributed by atoms with E-state index in [9.17, 15) is 9.90 Å². The summed E-state index contributed by atoms with van der Waals surface area (Å²) in [6, 6.07) is 3.80. The molecule has 7 nitrogen and oxygen atoms in total. The van der Waals surface area contributed by atoms with Crippen LogP contribution in [0.4, 0.5) is 11.6 Å². The van der Waals surface area contributed by atoms with Gasteiger partial charge < -0.3 is 16.2 Å². The molecule has 2 aliphatic carbocycles. The Morgan fingerprint density at radius 2 is 2.07 bits per heavy atom. The van der Waals surface area contributed by atoms with E-state index in [4.69, 9.17) is 10.7 Å². The van der Waals surface area contributed by atoms with Crippen LogP contribution in [0.5, 0.6) is 0 Å². The average molecular weight is 401 g/mol. The number of nitrogens with one attached hydrogen (secondary N) is 1. The fraction of sp³-hybridized carbons (Fsp3) is 0.304. The lowest BCUT2D eigenvalue weighted by atomic mass is 9.93. The number of carbonyl (C=O) groups is 1.